The van der Waals surface area contributed by atoms with Crippen molar-refractivity contribution in [1.82, 2.24) is 0 Å². The van der Waals surface area contributed by atoms with E-state index in [1.807, 2.05) is 0 Å². The zero-order valence-electron chi connectivity index (χ0n) is 9.91. The Hall–Kier alpha value is -0.720. The summed E-state index contributed by atoms with van der Waals surface area (Å²) in [7, 11) is 0. The van der Waals surface area contributed by atoms with Gasteiger partial charge in [0.2, 0.25) is 0 Å². The fourth-order valence-electron chi connectivity index (χ4n) is 1.67. The number of thioether (sulfide) groups is 1. The van der Waals surface area contributed by atoms with E-state index >= 15 is 0 Å². The molecule has 0 bridgehead atoms. The highest BCUT2D eigenvalue weighted by Crippen LogP contribution is 2.40. The van der Waals surface area contributed by atoms with Gasteiger partial charge in [-0.2, -0.15) is 13.2 Å². The first-order chi connectivity index (χ1) is 8.44. The summed E-state index contributed by atoms with van der Waals surface area (Å²) in [5.74, 6) is 0. The summed E-state index contributed by atoms with van der Waals surface area (Å²) in [5, 5.41) is 0. The molecule has 0 amide bonds. The van der Waals surface area contributed by atoms with Crippen molar-refractivity contribution in [1.29, 1.82) is 0 Å². The number of unbranched alkanes of at least 4 members (excludes halogenated alkanes) is 1. The molecule has 1 atom stereocenters. The van der Waals surface area contributed by atoms with Crippen LogP contribution in [-0.4, -0.2) is 12.1 Å². The normalized spacial score (nSPS) is 13.6. The molecule has 0 aliphatic carbocycles. The van der Waals surface area contributed by atoms with Crippen LogP contribution in [0.5, 0.6) is 0 Å². The summed E-state index contributed by atoms with van der Waals surface area (Å²) in [5.41, 5.74) is 7.57. The molecule has 4 N–H and O–H groups in total. The van der Waals surface area contributed by atoms with Crippen LogP contribution >= 0.6 is 11.8 Å². The standard InChI is InChI=1S/C12H17F3N2S/c13-12(14,15)18-11-7-2-1-5-9(11)10(17)6-3-4-8-16/h1-2,5,7,10H,3-4,6,8,16-17H2/t10-/m1/s1. The van der Waals surface area contributed by atoms with Gasteiger partial charge in [-0.3, -0.25) is 0 Å². The molecule has 6 heteroatoms. The summed E-state index contributed by atoms with van der Waals surface area (Å²) in [6, 6.07) is 6.03. The molecule has 0 saturated heterocycles. The van der Waals surface area contributed by atoms with Crippen LogP contribution in [0.4, 0.5) is 13.2 Å². The lowest BCUT2D eigenvalue weighted by Gasteiger charge is -2.16. The van der Waals surface area contributed by atoms with Gasteiger partial charge in [0.05, 0.1) is 0 Å². The number of hydrogen-bond acceptors (Lipinski definition) is 3. The smallest absolute Gasteiger partial charge is 0.330 e. The molecule has 102 valence electrons. The predicted molar refractivity (Wildman–Crippen MR) is 68.2 cm³/mol. The summed E-state index contributed by atoms with van der Waals surface area (Å²) >= 11 is -0.110. The topological polar surface area (TPSA) is 52.0 Å². The second kappa shape index (κ2) is 7.01. The molecule has 0 fully saturated rings. The first-order valence-corrected chi connectivity index (χ1v) is 6.56. The Morgan fingerprint density at radius 2 is 1.83 bits per heavy atom. The van der Waals surface area contributed by atoms with Gasteiger partial charge in [0.1, 0.15) is 0 Å². The Morgan fingerprint density at radius 3 is 2.44 bits per heavy atom. The van der Waals surface area contributed by atoms with Crippen LogP contribution in [0.15, 0.2) is 29.2 Å². The van der Waals surface area contributed by atoms with Gasteiger partial charge in [0, 0.05) is 10.9 Å². The van der Waals surface area contributed by atoms with Crippen molar-refractivity contribution < 1.29 is 13.2 Å². The van der Waals surface area contributed by atoms with Crippen molar-refractivity contribution in [3.05, 3.63) is 29.8 Å². The minimum absolute atomic E-state index is 0.110. The SMILES string of the molecule is NCCCC[C@@H](N)c1ccccc1SC(F)(F)F. The molecule has 1 aromatic rings. The molecule has 0 aliphatic heterocycles. The zero-order chi connectivity index (χ0) is 13.6. The van der Waals surface area contributed by atoms with E-state index < -0.39 is 5.51 Å². The zero-order valence-corrected chi connectivity index (χ0v) is 10.7. The van der Waals surface area contributed by atoms with E-state index in [0.717, 1.165) is 12.8 Å². The minimum Gasteiger partial charge on any atom is -0.330 e. The van der Waals surface area contributed by atoms with Crippen LogP contribution in [-0.2, 0) is 0 Å². The third-order valence-electron chi connectivity index (χ3n) is 2.51. The van der Waals surface area contributed by atoms with Crippen LogP contribution in [0.1, 0.15) is 30.9 Å². The van der Waals surface area contributed by atoms with Crippen molar-refractivity contribution in [2.75, 3.05) is 6.54 Å². The Balaban J connectivity index is 2.74. The fraction of sp³-hybridized carbons (Fsp3) is 0.500. The van der Waals surface area contributed by atoms with Crippen LogP contribution in [0.3, 0.4) is 0 Å². The third-order valence-corrected chi connectivity index (χ3v) is 3.34. The lowest BCUT2D eigenvalue weighted by molar-refractivity contribution is -0.0328. The average Bonchev–Trinajstić information content (AvgIpc) is 2.27. The van der Waals surface area contributed by atoms with Crippen molar-refractivity contribution >= 4 is 11.8 Å². The maximum absolute atomic E-state index is 12.4. The van der Waals surface area contributed by atoms with Crippen molar-refractivity contribution in [3.63, 3.8) is 0 Å². The molecule has 0 heterocycles. The van der Waals surface area contributed by atoms with Gasteiger partial charge < -0.3 is 11.5 Å². The van der Waals surface area contributed by atoms with Gasteiger partial charge in [0.25, 0.3) is 0 Å². The van der Waals surface area contributed by atoms with Gasteiger partial charge in [-0.1, -0.05) is 24.6 Å². The molecule has 0 spiro atoms. The molecule has 0 radical (unpaired) electrons. The monoisotopic (exact) mass is 278 g/mol. The lowest BCUT2D eigenvalue weighted by atomic mass is 10.0. The number of nitrogens with two attached hydrogens (primary N) is 2. The van der Waals surface area contributed by atoms with Crippen LogP contribution in [0, 0.1) is 0 Å². The Morgan fingerprint density at radius 1 is 1.17 bits per heavy atom. The van der Waals surface area contributed by atoms with E-state index in [9.17, 15) is 13.2 Å². The van der Waals surface area contributed by atoms with E-state index in [-0.39, 0.29) is 22.7 Å². The van der Waals surface area contributed by atoms with Gasteiger partial charge in [-0.25, -0.2) is 0 Å². The highest BCUT2D eigenvalue weighted by Gasteiger charge is 2.30. The third kappa shape index (κ3) is 5.29. The van der Waals surface area contributed by atoms with E-state index in [2.05, 4.69) is 0 Å². The van der Waals surface area contributed by atoms with Crippen molar-refractivity contribution in [3.8, 4) is 0 Å². The maximum atomic E-state index is 12.4. The number of alkyl halides is 3. The molecule has 0 unspecified atom stereocenters. The Bertz CT molecular complexity index is 369. The largest absolute Gasteiger partial charge is 0.446 e. The molecular weight excluding hydrogens is 261 g/mol. The molecule has 0 saturated carbocycles. The van der Waals surface area contributed by atoms with Gasteiger partial charge in [-0.05, 0) is 42.8 Å². The quantitative estimate of drug-likeness (QED) is 0.619. The van der Waals surface area contributed by atoms with Gasteiger partial charge in [-0.15, -0.1) is 0 Å². The molecule has 0 aliphatic rings. The predicted octanol–water partition coefficient (Wildman–Crippen LogP) is 3.43. The second-order valence-corrected chi connectivity index (χ2v) is 5.08. The maximum Gasteiger partial charge on any atom is 0.446 e. The molecular formula is C12H17F3N2S. The van der Waals surface area contributed by atoms with Gasteiger partial charge >= 0.3 is 5.51 Å². The molecule has 1 rings (SSSR count). The average molecular weight is 278 g/mol. The summed E-state index contributed by atoms with van der Waals surface area (Å²) in [6.07, 6.45) is 2.30. The summed E-state index contributed by atoms with van der Waals surface area (Å²) in [4.78, 5) is 0.185. The molecule has 0 aromatic heterocycles. The van der Waals surface area contributed by atoms with Crippen molar-refractivity contribution in [2.24, 2.45) is 11.5 Å². The number of hydrogen-bond donors (Lipinski definition) is 2. The minimum atomic E-state index is -4.28. The first-order valence-electron chi connectivity index (χ1n) is 5.74. The van der Waals surface area contributed by atoms with Crippen molar-refractivity contribution in [2.45, 2.75) is 35.7 Å². The van der Waals surface area contributed by atoms with Gasteiger partial charge in [0.15, 0.2) is 0 Å². The fourth-order valence-corrected chi connectivity index (χ4v) is 2.40. The highest BCUT2D eigenvalue weighted by atomic mass is 32.2. The summed E-state index contributed by atoms with van der Waals surface area (Å²) in [6.45, 7) is 0.575. The van der Waals surface area contributed by atoms with E-state index in [0.29, 0.717) is 18.5 Å². The van der Waals surface area contributed by atoms with Crippen LogP contribution < -0.4 is 11.5 Å². The molecule has 18 heavy (non-hydrogen) atoms. The summed E-state index contributed by atoms with van der Waals surface area (Å²) < 4.78 is 37.2. The first kappa shape index (κ1) is 15.3. The lowest BCUT2D eigenvalue weighted by Crippen LogP contribution is -2.13. The number of benzene rings is 1. The van der Waals surface area contributed by atoms with Crippen LogP contribution in [0.25, 0.3) is 0 Å². The van der Waals surface area contributed by atoms with Crippen LogP contribution in [0.2, 0.25) is 0 Å². The van der Waals surface area contributed by atoms with E-state index in [4.69, 9.17) is 11.5 Å². The second-order valence-electron chi connectivity index (χ2n) is 3.98. The number of rotatable bonds is 6. The van der Waals surface area contributed by atoms with E-state index in [1.165, 1.54) is 6.07 Å². The Labute approximate surface area is 109 Å². The molecule has 1 aromatic carbocycles. The highest BCUT2D eigenvalue weighted by molar-refractivity contribution is 8.00. The molecule has 2 nitrogen and oxygen atoms in total. The Kier molecular flexibility index (Phi) is 5.98. The number of halogens is 3. The van der Waals surface area contributed by atoms with E-state index in [1.54, 1.807) is 18.2 Å².